The number of nitrogens with zero attached hydrogens (tertiary/aromatic N) is 3. The predicted octanol–water partition coefficient (Wildman–Crippen LogP) is 2.57. The fourth-order valence-corrected chi connectivity index (χ4v) is 3.93. The monoisotopic (exact) mass is 363 g/mol. The number of hydrogen-bond donors (Lipinski definition) is 2. The summed E-state index contributed by atoms with van der Waals surface area (Å²) in [5.41, 5.74) is 14.7. The van der Waals surface area contributed by atoms with Crippen molar-refractivity contribution in [2.75, 3.05) is 5.73 Å². The van der Waals surface area contributed by atoms with E-state index in [0.29, 0.717) is 34.1 Å². The molecule has 1 aliphatic carbocycles. The summed E-state index contributed by atoms with van der Waals surface area (Å²) in [5, 5.41) is 5.89. The Morgan fingerprint density at radius 3 is 2.67 bits per heavy atom. The van der Waals surface area contributed by atoms with E-state index in [4.69, 9.17) is 11.5 Å². The number of carbonyl (C=O) groups is 2. The average Bonchev–Trinajstić information content (AvgIpc) is 2.89. The average molecular weight is 363 g/mol. The molecule has 0 saturated carbocycles. The summed E-state index contributed by atoms with van der Waals surface area (Å²) in [7, 11) is 0. The maximum absolute atomic E-state index is 12.6. The standard InChI is InChI=1S/C20H21N5O2/c1-10-17-15(7-20(2,3)8-16(17)26)25(24-10)11-4-5-12-13(6-11)14(19(22)27)9-23-18(12)21/h4-6,9H,7-8H2,1-3H3,(H2,21,23)(H2,22,27). The molecule has 0 bridgehead atoms. The van der Waals surface area contributed by atoms with Crippen LogP contribution in [0.4, 0.5) is 5.82 Å². The lowest BCUT2D eigenvalue weighted by molar-refractivity contribution is 0.0909. The Bertz CT molecular complexity index is 1130. The largest absolute Gasteiger partial charge is 0.383 e. The lowest BCUT2D eigenvalue weighted by atomic mass is 9.75. The summed E-state index contributed by atoms with van der Waals surface area (Å²) in [6.07, 6.45) is 2.65. The smallest absolute Gasteiger partial charge is 0.250 e. The van der Waals surface area contributed by atoms with Crippen molar-refractivity contribution in [2.24, 2.45) is 11.1 Å². The number of Topliss-reactive ketones (excluding diaryl/α,β-unsaturated/α-hetero) is 1. The van der Waals surface area contributed by atoms with Crippen molar-refractivity contribution >= 4 is 28.3 Å². The number of nitrogen functional groups attached to an aromatic ring is 1. The molecule has 1 aliphatic rings. The third-order valence-electron chi connectivity index (χ3n) is 5.13. The van der Waals surface area contributed by atoms with Crippen molar-refractivity contribution in [1.29, 1.82) is 0 Å². The zero-order chi connectivity index (χ0) is 19.5. The first-order valence-electron chi connectivity index (χ1n) is 8.78. The molecule has 2 heterocycles. The third-order valence-corrected chi connectivity index (χ3v) is 5.13. The first kappa shape index (κ1) is 17.2. The summed E-state index contributed by atoms with van der Waals surface area (Å²) < 4.78 is 1.80. The van der Waals surface area contributed by atoms with Gasteiger partial charge >= 0.3 is 0 Å². The maximum atomic E-state index is 12.6. The number of amides is 1. The van der Waals surface area contributed by atoms with E-state index in [1.54, 1.807) is 10.7 Å². The molecule has 1 amide bonds. The molecule has 2 aromatic heterocycles. The second kappa shape index (κ2) is 5.64. The number of aromatic nitrogens is 3. The number of primary amides is 1. The molecule has 7 nitrogen and oxygen atoms in total. The minimum atomic E-state index is -0.570. The van der Waals surface area contributed by atoms with Crippen LogP contribution in [-0.2, 0) is 6.42 Å². The predicted molar refractivity (Wildman–Crippen MR) is 103 cm³/mol. The summed E-state index contributed by atoms with van der Waals surface area (Å²) in [4.78, 5) is 28.5. The quantitative estimate of drug-likeness (QED) is 0.726. The molecule has 0 atom stereocenters. The Labute approximate surface area is 156 Å². The summed E-state index contributed by atoms with van der Waals surface area (Å²) >= 11 is 0. The van der Waals surface area contributed by atoms with Gasteiger partial charge in [-0.3, -0.25) is 9.59 Å². The normalized spacial score (nSPS) is 15.7. The molecule has 0 saturated heterocycles. The molecule has 0 radical (unpaired) electrons. The Morgan fingerprint density at radius 1 is 1.22 bits per heavy atom. The Hall–Kier alpha value is -3.22. The highest BCUT2D eigenvalue weighted by atomic mass is 16.1. The topological polar surface area (TPSA) is 117 Å². The molecule has 4 rings (SSSR count). The van der Waals surface area contributed by atoms with Gasteiger partial charge in [0, 0.05) is 23.4 Å². The number of benzene rings is 1. The number of anilines is 1. The van der Waals surface area contributed by atoms with Crippen LogP contribution in [0.1, 0.15) is 52.4 Å². The fourth-order valence-electron chi connectivity index (χ4n) is 3.93. The molecule has 0 fully saturated rings. The zero-order valence-electron chi connectivity index (χ0n) is 15.5. The van der Waals surface area contributed by atoms with E-state index >= 15 is 0 Å². The van der Waals surface area contributed by atoms with Gasteiger partial charge in [-0.15, -0.1) is 0 Å². The molecular formula is C20H21N5O2. The molecule has 3 aromatic rings. The SMILES string of the molecule is Cc1nn(-c2ccc3c(N)ncc(C(N)=O)c3c2)c2c1C(=O)CC(C)(C)C2. The maximum Gasteiger partial charge on any atom is 0.250 e. The van der Waals surface area contributed by atoms with Crippen LogP contribution in [0.15, 0.2) is 24.4 Å². The molecule has 0 aliphatic heterocycles. The number of ketones is 1. The van der Waals surface area contributed by atoms with Gasteiger partial charge in [-0.05, 0) is 37.0 Å². The highest BCUT2D eigenvalue weighted by Gasteiger charge is 2.35. The van der Waals surface area contributed by atoms with Gasteiger partial charge in [-0.1, -0.05) is 13.8 Å². The van der Waals surface area contributed by atoms with Crippen molar-refractivity contribution in [3.05, 3.63) is 46.9 Å². The minimum Gasteiger partial charge on any atom is -0.383 e. The van der Waals surface area contributed by atoms with Crippen LogP contribution < -0.4 is 11.5 Å². The molecule has 1 aromatic carbocycles. The van der Waals surface area contributed by atoms with Crippen molar-refractivity contribution in [1.82, 2.24) is 14.8 Å². The first-order chi connectivity index (χ1) is 12.7. The van der Waals surface area contributed by atoms with Crippen LogP contribution in [0, 0.1) is 12.3 Å². The van der Waals surface area contributed by atoms with E-state index in [1.807, 2.05) is 19.1 Å². The second-order valence-corrected chi connectivity index (χ2v) is 7.91. The van der Waals surface area contributed by atoms with Crippen molar-refractivity contribution in [3.63, 3.8) is 0 Å². The first-order valence-corrected chi connectivity index (χ1v) is 8.78. The summed E-state index contributed by atoms with van der Waals surface area (Å²) in [6, 6.07) is 5.49. The number of carbonyl (C=O) groups excluding carboxylic acids is 2. The highest BCUT2D eigenvalue weighted by molar-refractivity contribution is 6.09. The van der Waals surface area contributed by atoms with Crippen LogP contribution in [-0.4, -0.2) is 26.5 Å². The number of pyridine rings is 1. The molecule has 27 heavy (non-hydrogen) atoms. The summed E-state index contributed by atoms with van der Waals surface area (Å²) in [5.74, 6) is -0.117. The molecular weight excluding hydrogens is 342 g/mol. The fraction of sp³-hybridized carbons (Fsp3) is 0.300. The molecule has 0 unspecified atom stereocenters. The number of aryl methyl sites for hydroxylation is 1. The van der Waals surface area contributed by atoms with Gasteiger partial charge in [-0.25, -0.2) is 9.67 Å². The van der Waals surface area contributed by atoms with E-state index < -0.39 is 5.91 Å². The van der Waals surface area contributed by atoms with Crippen molar-refractivity contribution < 1.29 is 9.59 Å². The zero-order valence-corrected chi connectivity index (χ0v) is 15.5. The van der Waals surface area contributed by atoms with Gasteiger partial charge in [0.2, 0.25) is 0 Å². The highest BCUT2D eigenvalue weighted by Crippen LogP contribution is 2.37. The Kier molecular flexibility index (Phi) is 3.59. The van der Waals surface area contributed by atoms with Crippen molar-refractivity contribution in [3.8, 4) is 5.69 Å². The van der Waals surface area contributed by atoms with E-state index in [0.717, 1.165) is 23.5 Å². The number of fused-ring (bicyclic) bond motifs is 2. The molecule has 7 heteroatoms. The van der Waals surface area contributed by atoms with Crippen molar-refractivity contribution in [2.45, 2.75) is 33.6 Å². The molecule has 138 valence electrons. The van der Waals surface area contributed by atoms with E-state index in [-0.39, 0.29) is 11.2 Å². The van der Waals surface area contributed by atoms with Gasteiger partial charge in [-0.2, -0.15) is 5.10 Å². The van der Waals surface area contributed by atoms with Crippen LogP contribution >= 0.6 is 0 Å². The third kappa shape index (κ3) is 2.66. The van der Waals surface area contributed by atoms with Gasteiger partial charge in [0.15, 0.2) is 5.78 Å². The lowest BCUT2D eigenvalue weighted by Gasteiger charge is -2.29. The van der Waals surface area contributed by atoms with Crippen LogP contribution in [0.2, 0.25) is 0 Å². The van der Waals surface area contributed by atoms with E-state index in [9.17, 15) is 9.59 Å². The molecule has 4 N–H and O–H groups in total. The Balaban J connectivity index is 1.97. The van der Waals surface area contributed by atoms with Crippen LogP contribution in [0.5, 0.6) is 0 Å². The lowest BCUT2D eigenvalue weighted by Crippen LogP contribution is -2.28. The van der Waals surface area contributed by atoms with Gasteiger partial charge in [0.05, 0.1) is 28.2 Å². The minimum absolute atomic E-state index is 0.122. The van der Waals surface area contributed by atoms with Gasteiger partial charge in [0.25, 0.3) is 5.91 Å². The Morgan fingerprint density at radius 2 is 1.96 bits per heavy atom. The number of rotatable bonds is 2. The molecule has 0 spiro atoms. The van der Waals surface area contributed by atoms with Gasteiger partial charge < -0.3 is 11.5 Å². The summed E-state index contributed by atoms with van der Waals surface area (Å²) in [6.45, 7) is 6.01. The van der Waals surface area contributed by atoms with E-state index in [1.165, 1.54) is 6.20 Å². The second-order valence-electron chi connectivity index (χ2n) is 7.91. The number of hydrogen-bond acceptors (Lipinski definition) is 5. The van der Waals surface area contributed by atoms with Crippen LogP contribution in [0.3, 0.4) is 0 Å². The van der Waals surface area contributed by atoms with E-state index in [2.05, 4.69) is 23.9 Å². The van der Waals surface area contributed by atoms with Crippen LogP contribution in [0.25, 0.3) is 16.5 Å². The number of nitrogens with two attached hydrogens (primary N) is 2. The van der Waals surface area contributed by atoms with Gasteiger partial charge in [0.1, 0.15) is 5.82 Å².